The number of rotatable bonds is 4. The summed E-state index contributed by atoms with van der Waals surface area (Å²) in [6, 6.07) is 0. The summed E-state index contributed by atoms with van der Waals surface area (Å²) in [6.45, 7) is 1.78. The summed E-state index contributed by atoms with van der Waals surface area (Å²) < 4.78 is 6.20. The van der Waals surface area contributed by atoms with Crippen LogP contribution < -0.4 is 5.32 Å². The first-order chi connectivity index (χ1) is 9.97. The van der Waals surface area contributed by atoms with E-state index >= 15 is 0 Å². The minimum absolute atomic E-state index is 0.107. The Hall–Kier alpha value is -0.630. The van der Waals surface area contributed by atoms with Gasteiger partial charge in [-0.1, -0.05) is 34.7 Å². The van der Waals surface area contributed by atoms with Gasteiger partial charge in [-0.25, -0.2) is 4.79 Å². The van der Waals surface area contributed by atoms with E-state index < -0.39 is 23.2 Å². The quantitative estimate of drug-likeness (QED) is 0.320. The molecule has 3 rings (SSSR count). The topological polar surface area (TPSA) is 75.6 Å². The Bertz CT molecular complexity index is 508. The highest BCUT2D eigenvalue weighted by Gasteiger charge is 2.79. The van der Waals surface area contributed by atoms with Crippen molar-refractivity contribution >= 4 is 34.5 Å². The zero-order valence-electron chi connectivity index (χ0n) is 12.0. The third-order valence-electron chi connectivity index (χ3n) is 5.25. The zero-order valence-corrected chi connectivity index (χ0v) is 14.1. The fourth-order valence-electron chi connectivity index (χ4n) is 3.99. The van der Waals surface area contributed by atoms with Gasteiger partial charge < -0.3 is 15.2 Å². The van der Waals surface area contributed by atoms with Crippen LogP contribution >= 0.6 is 22.6 Å². The standard InChI is InChI=1S/C15H20INO4/c1-14-10(7-8-16)12(19)17-15(14,13(20)21-14)11(18)9-5-3-2-4-6-9/h3,5,9-11,18H,2,4,6-8H2,1H3,(H,17,19)/t9-,10+,11-,14+,15+/m1/s1. The molecule has 5 atom stereocenters. The number of alkyl halides is 1. The Balaban J connectivity index is 1.94. The smallest absolute Gasteiger partial charge is 0.339 e. The number of ether oxygens (including phenoxy) is 1. The second-order valence-corrected chi connectivity index (χ2v) is 7.37. The highest BCUT2D eigenvalue weighted by Crippen LogP contribution is 2.53. The first kappa shape index (κ1) is 15.3. The predicted octanol–water partition coefficient (Wildman–Crippen LogP) is 1.33. The van der Waals surface area contributed by atoms with Crippen LogP contribution in [0.2, 0.25) is 0 Å². The molecule has 3 aliphatic rings. The number of hydrogen-bond acceptors (Lipinski definition) is 4. The molecule has 5 nitrogen and oxygen atoms in total. The molecule has 1 aliphatic carbocycles. The SMILES string of the molecule is C[C@@]12OC(=O)[C@]1([C@H](O)[C@@H]1C=CCCC1)NC(=O)[C@@H]2CCI. The highest BCUT2D eigenvalue weighted by molar-refractivity contribution is 14.1. The van der Waals surface area contributed by atoms with Crippen LogP contribution in [0.1, 0.15) is 32.6 Å². The number of fused-ring (bicyclic) bond motifs is 1. The molecule has 21 heavy (non-hydrogen) atoms. The average molecular weight is 405 g/mol. The Morgan fingerprint density at radius 3 is 2.90 bits per heavy atom. The average Bonchev–Trinajstić information content (AvgIpc) is 2.65. The molecule has 116 valence electrons. The van der Waals surface area contributed by atoms with Crippen LogP contribution in [-0.4, -0.2) is 38.7 Å². The number of carbonyl (C=O) groups excluding carboxylic acids is 2. The molecule has 0 unspecified atom stereocenters. The van der Waals surface area contributed by atoms with Gasteiger partial charge in [-0.05, 0) is 32.6 Å². The van der Waals surface area contributed by atoms with Gasteiger partial charge in [0.2, 0.25) is 11.4 Å². The van der Waals surface area contributed by atoms with Crippen LogP contribution in [0.25, 0.3) is 0 Å². The van der Waals surface area contributed by atoms with E-state index in [2.05, 4.69) is 27.9 Å². The van der Waals surface area contributed by atoms with Crippen molar-refractivity contribution in [3.8, 4) is 0 Å². The van der Waals surface area contributed by atoms with Gasteiger partial charge >= 0.3 is 5.97 Å². The Kier molecular flexibility index (Phi) is 3.80. The third kappa shape index (κ3) is 1.91. The minimum atomic E-state index is -1.27. The highest BCUT2D eigenvalue weighted by atomic mass is 127. The first-order valence-corrected chi connectivity index (χ1v) is 8.96. The van der Waals surface area contributed by atoms with Crippen molar-refractivity contribution in [1.29, 1.82) is 0 Å². The lowest BCUT2D eigenvalue weighted by atomic mass is 9.64. The number of aliphatic hydroxyl groups excluding tert-OH is 1. The summed E-state index contributed by atoms with van der Waals surface area (Å²) in [5.74, 6) is -1.17. The number of amides is 1. The Morgan fingerprint density at radius 1 is 1.57 bits per heavy atom. The van der Waals surface area contributed by atoms with Crippen LogP contribution in [0.4, 0.5) is 0 Å². The van der Waals surface area contributed by atoms with E-state index in [4.69, 9.17) is 4.74 Å². The van der Waals surface area contributed by atoms with E-state index in [1.54, 1.807) is 6.92 Å². The van der Waals surface area contributed by atoms with E-state index in [0.717, 1.165) is 23.7 Å². The molecule has 0 spiro atoms. The van der Waals surface area contributed by atoms with Crippen LogP contribution in [-0.2, 0) is 14.3 Å². The minimum Gasteiger partial charge on any atom is -0.453 e. The summed E-state index contributed by atoms with van der Waals surface area (Å²) in [6.07, 6.45) is 6.54. The van der Waals surface area contributed by atoms with Crippen LogP contribution in [0.3, 0.4) is 0 Å². The van der Waals surface area contributed by atoms with Gasteiger partial charge in [-0.15, -0.1) is 0 Å². The summed E-state index contributed by atoms with van der Waals surface area (Å²) in [4.78, 5) is 24.5. The molecule has 0 bridgehead atoms. The van der Waals surface area contributed by atoms with Gasteiger partial charge in [0.1, 0.15) is 0 Å². The number of allylic oxidation sites excluding steroid dienone is 1. The van der Waals surface area contributed by atoms with Gasteiger partial charge in [-0.2, -0.15) is 0 Å². The van der Waals surface area contributed by atoms with Gasteiger partial charge in [-0.3, -0.25) is 4.79 Å². The molecule has 1 amide bonds. The van der Waals surface area contributed by atoms with Crippen LogP contribution in [0.5, 0.6) is 0 Å². The maximum absolute atomic E-state index is 12.3. The molecule has 6 heteroatoms. The molecule has 2 N–H and O–H groups in total. The van der Waals surface area contributed by atoms with E-state index in [1.807, 2.05) is 12.2 Å². The number of nitrogens with one attached hydrogen (secondary N) is 1. The second-order valence-electron chi connectivity index (χ2n) is 6.29. The number of halogens is 1. The van der Waals surface area contributed by atoms with Crippen LogP contribution in [0.15, 0.2) is 12.2 Å². The lowest BCUT2D eigenvalue weighted by molar-refractivity contribution is -0.238. The molecular formula is C15H20INO4. The van der Waals surface area contributed by atoms with Crippen molar-refractivity contribution in [1.82, 2.24) is 5.32 Å². The zero-order chi connectivity index (χ0) is 15.3. The largest absolute Gasteiger partial charge is 0.453 e. The van der Waals surface area contributed by atoms with E-state index in [9.17, 15) is 14.7 Å². The van der Waals surface area contributed by atoms with Gasteiger partial charge in [0.25, 0.3) is 0 Å². The summed E-state index contributed by atoms with van der Waals surface area (Å²) >= 11 is 2.21. The molecular weight excluding hydrogens is 385 g/mol. The number of carbonyl (C=O) groups is 2. The maximum atomic E-state index is 12.3. The summed E-state index contributed by atoms with van der Waals surface area (Å²) in [5.41, 5.74) is -2.20. The van der Waals surface area contributed by atoms with E-state index in [0.29, 0.717) is 6.42 Å². The van der Waals surface area contributed by atoms with Gasteiger partial charge in [0, 0.05) is 10.3 Å². The fourth-order valence-corrected chi connectivity index (χ4v) is 4.61. The fraction of sp³-hybridized carbons (Fsp3) is 0.733. The summed E-state index contributed by atoms with van der Waals surface area (Å²) in [7, 11) is 0. The van der Waals surface area contributed by atoms with Crippen molar-refractivity contribution in [2.45, 2.75) is 49.9 Å². The normalized spacial score (nSPS) is 42.8. The van der Waals surface area contributed by atoms with Crippen molar-refractivity contribution < 1.29 is 19.4 Å². The van der Waals surface area contributed by atoms with Crippen LogP contribution in [0, 0.1) is 11.8 Å². The molecule has 0 aromatic carbocycles. The molecule has 2 heterocycles. The number of hydrogen-bond donors (Lipinski definition) is 2. The van der Waals surface area contributed by atoms with Gasteiger partial charge in [0.05, 0.1) is 12.0 Å². The third-order valence-corrected chi connectivity index (χ3v) is 5.87. The maximum Gasteiger partial charge on any atom is 0.339 e. The molecule has 0 aromatic heterocycles. The van der Waals surface area contributed by atoms with Gasteiger partial charge in [0.15, 0.2) is 5.60 Å². The molecule has 0 radical (unpaired) electrons. The van der Waals surface area contributed by atoms with Crippen molar-refractivity contribution in [3.05, 3.63) is 12.2 Å². The Morgan fingerprint density at radius 2 is 2.33 bits per heavy atom. The predicted molar refractivity (Wildman–Crippen MR) is 84.9 cm³/mol. The number of aliphatic hydroxyl groups is 1. The monoisotopic (exact) mass is 405 g/mol. The molecule has 0 aromatic rings. The van der Waals surface area contributed by atoms with E-state index in [-0.39, 0.29) is 17.7 Å². The lowest BCUT2D eigenvalue weighted by Crippen LogP contribution is -2.80. The lowest BCUT2D eigenvalue weighted by Gasteiger charge is -2.54. The van der Waals surface area contributed by atoms with E-state index in [1.165, 1.54) is 0 Å². The number of esters is 1. The molecule has 2 aliphatic heterocycles. The summed E-state index contributed by atoms with van der Waals surface area (Å²) in [5, 5.41) is 13.6. The Labute approximate surface area is 137 Å². The van der Waals surface area contributed by atoms with Crippen molar-refractivity contribution in [2.24, 2.45) is 11.8 Å². The molecule has 2 fully saturated rings. The van der Waals surface area contributed by atoms with Crippen molar-refractivity contribution in [3.63, 3.8) is 0 Å². The van der Waals surface area contributed by atoms with Crippen molar-refractivity contribution in [2.75, 3.05) is 4.43 Å². The molecule has 2 saturated heterocycles. The first-order valence-electron chi connectivity index (χ1n) is 7.43. The second kappa shape index (κ2) is 5.22. The molecule has 0 saturated carbocycles.